The van der Waals surface area contributed by atoms with E-state index in [9.17, 15) is 0 Å². The first-order chi connectivity index (χ1) is 8.82. The predicted molar refractivity (Wildman–Crippen MR) is 87.3 cm³/mol. The lowest BCUT2D eigenvalue weighted by atomic mass is 9.61. The van der Waals surface area contributed by atoms with E-state index in [-0.39, 0.29) is 0 Å². The molecule has 112 valence electrons. The van der Waals surface area contributed by atoms with Crippen molar-refractivity contribution in [3.8, 4) is 0 Å². The van der Waals surface area contributed by atoms with Gasteiger partial charge >= 0.3 is 0 Å². The number of hydrogen-bond donors (Lipinski definition) is 0. The molecule has 1 rings (SSSR count). The Hall–Kier alpha value is -0.260. The van der Waals surface area contributed by atoms with Crippen LogP contribution in [0.4, 0.5) is 0 Å². The Bertz CT molecular complexity index is 299. The molecule has 4 unspecified atom stereocenters. The fraction of sp³-hybridized carbons (Fsp3) is 0.895. The zero-order valence-corrected chi connectivity index (χ0v) is 14.4. The average Bonchev–Trinajstić information content (AvgIpc) is 2.42. The van der Waals surface area contributed by atoms with Gasteiger partial charge in [-0.2, -0.15) is 0 Å². The monoisotopic (exact) mass is 264 g/mol. The van der Waals surface area contributed by atoms with Crippen molar-refractivity contribution in [3.05, 3.63) is 11.6 Å². The second kappa shape index (κ2) is 6.95. The van der Waals surface area contributed by atoms with Crippen LogP contribution < -0.4 is 0 Å². The molecular weight excluding hydrogens is 228 g/mol. The minimum Gasteiger partial charge on any atom is -0.0884 e. The van der Waals surface area contributed by atoms with Crippen molar-refractivity contribution >= 4 is 0 Å². The molecular formula is C19H36. The molecule has 0 radical (unpaired) electrons. The molecule has 0 spiro atoms. The second-order valence-corrected chi connectivity index (χ2v) is 7.68. The van der Waals surface area contributed by atoms with Crippen LogP contribution >= 0.6 is 0 Å². The number of rotatable bonds is 2. The molecule has 1 aliphatic rings. The van der Waals surface area contributed by atoms with E-state index in [0.29, 0.717) is 5.41 Å². The Morgan fingerprint density at radius 1 is 1.21 bits per heavy atom. The first-order valence-corrected chi connectivity index (χ1v) is 8.45. The summed E-state index contributed by atoms with van der Waals surface area (Å²) < 4.78 is 0. The van der Waals surface area contributed by atoms with Gasteiger partial charge < -0.3 is 0 Å². The van der Waals surface area contributed by atoms with Gasteiger partial charge in [-0.25, -0.2) is 0 Å². The lowest BCUT2D eigenvalue weighted by Gasteiger charge is -2.44. The molecule has 0 nitrogen and oxygen atoms in total. The molecule has 0 amide bonds. The number of hydrogen-bond acceptors (Lipinski definition) is 0. The van der Waals surface area contributed by atoms with Crippen molar-refractivity contribution < 1.29 is 0 Å². The van der Waals surface area contributed by atoms with Gasteiger partial charge in [0.05, 0.1) is 0 Å². The van der Waals surface area contributed by atoms with Crippen molar-refractivity contribution in [2.45, 2.75) is 80.6 Å². The van der Waals surface area contributed by atoms with Crippen molar-refractivity contribution in [2.75, 3.05) is 0 Å². The zero-order chi connectivity index (χ0) is 14.6. The second-order valence-electron chi connectivity index (χ2n) is 7.68. The first-order valence-electron chi connectivity index (χ1n) is 8.45. The third-order valence-electron chi connectivity index (χ3n) is 6.32. The SMILES string of the molecule is CC=C(C)C1CC(C)CCCCC(C)(C(C)C)C1C. The molecule has 1 saturated carbocycles. The summed E-state index contributed by atoms with van der Waals surface area (Å²) in [6, 6.07) is 0. The third-order valence-corrected chi connectivity index (χ3v) is 6.32. The molecule has 0 heterocycles. The minimum absolute atomic E-state index is 0.499. The van der Waals surface area contributed by atoms with E-state index in [0.717, 1.165) is 23.7 Å². The summed E-state index contributed by atoms with van der Waals surface area (Å²) in [5.74, 6) is 3.25. The summed E-state index contributed by atoms with van der Waals surface area (Å²) in [4.78, 5) is 0. The highest BCUT2D eigenvalue weighted by molar-refractivity contribution is 5.07. The maximum absolute atomic E-state index is 2.55. The van der Waals surface area contributed by atoms with Crippen molar-refractivity contribution in [3.63, 3.8) is 0 Å². The largest absolute Gasteiger partial charge is 0.0884 e. The zero-order valence-electron chi connectivity index (χ0n) is 14.4. The quantitative estimate of drug-likeness (QED) is 0.501. The Morgan fingerprint density at radius 3 is 2.37 bits per heavy atom. The van der Waals surface area contributed by atoms with Crippen LogP contribution in [-0.2, 0) is 0 Å². The molecule has 0 aromatic heterocycles. The molecule has 4 atom stereocenters. The van der Waals surface area contributed by atoms with E-state index in [4.69, 9.17) is 0 Å². The van der Waals surface area contributed by atoms with Gasteiger partial charge in [-0.1, -0.05) is 65.5 Å². The van der Waals surface area contributed by atoms with Crippen molar-refractivity contribution in [1.29, 1.82) is 0 Å². The summed E-state index contributed by atoms with van der Waals surface area (Å²) >= 11 is 0. The van der Waals surface area contributed by atoms with E-state index in [2.05, 4.69) is 54.5 Å². The Balaban J connectivity index is 3.08. The van der Waals surface area contributed by atoms with Crippen LogP contribution in [0.5, 0.6) is 0 Å². The van der Waals surface area contributed by atoms with Crippen LogP contribution in [0, 0.1) is 29.1 Å². The van der Waals surface area contributed by atoms with Gasteiger partial charge in [-0.05, 0) is 55.8 Å². The van der Waals surface area contributed by atoms with Gasteiger partial charge in [0.2, 0.25) is 0 Å². The summed E-state index contributed by atoms with van der Waals surface area (Å²) in [6.07, 6.45) is 9.43. The molecule has 0 heteroatoms. The summed E-state index contributed by atoms with van der Waals surface area (Å²) in [7, 11) is 0. The minimum atomic E-state index is 0.499. The normalized spacial score (nSPS) is 38.7. The third kappa shape index (κ3) is 3.86. The van der Waals surface area contributed by atoms with E-state index in [1.165, 1.54) is 32.1 Å². The van der Waals surface area contributed by atoms with Crippen LogP contribution in [0.15, 0.2) is 11.6 Å². The van der Waals surface area contributed by atoms with Gasteiger partial charge in [0.1, 0.15) is 0 Å². The fourth-order valence-corrected chi connectivity index (χ4v) is 4.05. The molecule has 0 aromatic rings. The average molecular weight is 264 g/mol. The predicted octanol–water partition coefficient (Wildman–Crippen LogP) is 6.47. The Morgan fingerprint density at radius 2 is 1.84 bits per heavy atom. The molecule has 0 saturated heterocycles. The summed E-state index contributed by atoms with van der Waals surface area (Å²) in [6.45, 7) is 17.0. The summed E-state index contributed by atoms with van der Waals surface area (Å²) in [5, 5.41) is 0. The van der Waals surface area contributed by atoms with Crippen LogP contribution in [0.2, 0.25) is 0 Å². The van der Waals surface area contributed by atoms with Gasteiger partial charge in [-0.15, -0.1) is 0 Å². The van der Waals surface area contributed by atoms with Crippen LogP contribution in [0.1, 0.15) is 80.6 Å². The van der Waals surface area contributed by atoms with Gasteiger partial charge in [0.15, 0.2) is 0 Å². The molecule has 0 N–H and O–H groups in total. The highest BCUT2D eigenvalue weighted by Gasteiger charge is 2.39. The van der Waals surface area contributed by atoms with Crippen LogP contribution in [-0.4, -0.2) is 0 Å². The first kappa shape index (κ1) is 16.8. The molecule has 0 bridgehead atoms. The standard InChI is InChI=1S/C19H36/c1-8-16(5)18-13-15(4)11-9-10-12-19(7,14(2)3)17(18)6/h8,14-15,17-18H,9-13H2,1-7H3. The highest BCUT2D eigenvalue weighted by Crippen LogP contribution is 2.48. The van der Waals surface area contributed by atoms with E-state index in [1.54, 1.807) is 5.57 Å². The smallest absolute Gasteiger partial charge is 0.0173 e. The molecule has 0 aliphatic heterocycles. The maximum Gasteiger partial charge on any atom is -0.0173 e. The van der Waals surface area contributed by atoms with Crippen molar-refractivity contribution in [1.82, 2.24) is 0 Å². The van der Waals surface area contributed by atoms with E-state index < -0.39 is 0 Å². The lowest BCUT2D eigenvalue weighted by molar-refractivity contribution is 0.0734. The van der Waals surface area contributed by atoms with Crippen LogP contribution in [0.3, 0.4) is 0 Å². The topological polar surface area (TPSA) is 0 Å². The van der Waals surface area contributed by atoms with Gasteiger partial charge in [-0.3, -0.25) is 0 Å². The highest BCUT2D eigenvalue weighted by atomic mass is 14.4. The molecule has 19 heavy (non-hydrogen) atoms. The molecule has 1 fully saturated rings. The Kier molecular flexibility index (Phi) is 6.15. The lowest BCUT2D eigenvalue weighted by Crippen LogP contribution is -2.36. The van der Waals surface area contributed by atoms with E-state index >= 15 is 0 Å². The Labute approximate surface area is 122 Å². The molecule has 0 aromatic carbocycles. The summed E-state index contributed by atoms with van der Waals surface area (Å²) in [5.41, 5.74) is 2.12. The van der Waals surface area contributed by atoms with Gasteiger partial charge in [0.25, 0.3) is 0 Å². The fourth-order valence-electron chi connectivity index (χ4n) is 4.05. The number of allylic oxidation sites excluding steroid dienone is 2. The maximum atomic E-state index is 2.55. The van der Waals surface area contributed by atoms with Gasteiger partial charge in [0, 0.05) is 0 Å². The van der Waals surface area contributed by atoms with Crippen molar-refractivity contribution in [2.24, 2.45) is 29.1 Å². The van der Waals surface area contributed by atoms with E-state index in [1.807, 2.05) is 0 Å². The molecule has 1 aliphatic carbocycles. The van der Waals surface area contributed by atoms with Crippen LogP contribution in [0.25, 0.3) is 0 Å².